The number of halogens is 4. The van der Waals surface area contributed by atoms with Gasteiger partial charge in [-0.3, -0.25) is 4.79 Å². The molecule has 0 unspecified atom stereocenters. The van der Waals surface area contributed by atoms with Crippen molar-refractivity contribution in [3.8, 4) is 0 Å². The van der Waals surface area contributed by atoms with Crippen molar-refractivity contribution in [3.63, 3.8) is 0 Å². The van der Waals surface area contributed by atoms with E-state index in [1.54, 1.807) is 4.52 Å². The Morgan fingerprint density at radius 3 is 2.69 bits per heavy atom. The highest BCUT2D eigenvalue weighted by Crippen LogP contribution is 2.37. The fourth-order valence-electron chi connectivity index (χ4n) is 5.06. The van der Waals surface area contributed by atoms with E-state index in [-0.39, 0.29) is 11.1 Å². The van der Waals surface area contributed by atoms with Crippen molar-refractivity contribution in [1.29, 1.82) is 0 Å². The Labute approximate surface area is 205 Å². The van der Waals surface area contributed by atoms with Crippen LogP contribution in [0.3, 0.4) is 0 Å². The second-order valence-corrected chi connectivity index (χ2v) is 9.75. The van der Waals surface area contributed by atoms with Crippen LogP contribution in [0.1, 0.15) is 58.9 Å². The minimum atomic E-state index is -4.67. The molecule has 4 heterocycles. The van der Waals surface area contributed by atoms with Gasteiger partial charge in [-0.1, -0.05) is 11.6 Å². The van der Waals surface area contributed by atoms with Crippen LogP contribution >= 0.6 is 11.6 Å². The quantitative estimate of drug-likeness (QED) is 0.561. The molecule has 35 heavy (non-hydrogen) atoms. The Balaban J connectivity index is 1.50. The van der Waals surface area contributed by atoms with Crippen LogP contribution in [0.4, 0.5) is 19.0 Å². The van der Waals surface area contributed by atoms with Gasteiger partial charge in [0.15, 0.2) is 5.65 Å². The Bertz CT molecular complexity index is 1280. The lowest BCUT2D eigenvalue weighted by Crippen LogP contribution is -2.39. The number of benzene rings is 1. The lowest BCUT2D eigenvalue weighted by Gasteiger charge is -2.35. The van der Waals surface area contributed by atoms with Crippen molar-refractivity contribution in [2.75, 3.05) is 24.5 Å². The third-order valence-electron chi connectivity index (χ3n) is 6.77. The molecule has 0 spiro atoms. The van der Waals surface area contributed by atoms with Crippen molar-refractivity contribution >= 4 is 29.0 Å². The first kappa shape index (κ1) is 23.9. The molecule has 2 N–H and O–H groups in total. The standard InChI is InChI=1S/C24H26ClF3N6O/c1-14-12-34-21(30-22(14)32-9-7-16(29)13-32)11-19(31-34)20-4-2-3-8-33(20)23(35)17-10-15(25)5-6-18(17)24(26,27)28/h5-6,10-12,16,20H,2-4,7-9,13,29H2,1H3/t16-,20-/m0/s1. The van der Waals surface area contributed by atoms with E-state index in [4.69, 9.17) is 22.3 Å². The van der Waals surface area contributed by atoms with Gasteiger partial charge in [0.1, 0.15) is 5.82 Å². The fraction of sp³-hybridized carbons (Fsp3) is 0.458. The number of amides is 1. The summed E-state index contributed by atoms with van der Waals surface area (Å²) in [6, 6.07) is 4.58. The van der Waals surface area contributed by atoms with Crippen molar-refractivity contribution in [2.24, 2.45) is 5.73 Å². The smallest absolute Gasteiger partial charge is 0.355 e. The summed E-state index contributed by atoms with van der Waals surface area (Å²) in [5.74, 6) is 0.152. The number of fused-ring (bicyclic) bond motifs is 1. The van der Waals surface area contributed by atoms with Gasteiger partial charge in [0.05, 0.1) is 22.9 Å². The molecule has 7 nitrogen and oxygen atoms in total. The lowest BCUT2D eigenvalue weighted by atomic mass is 9.97. The van der Waals surface area contributed by atoms with Gasteiger partial charge in [0, 0.05) is 48.5 Å². The molecule has 2 fully saturated rings. The SMILES string of the molecule is Cc1cn2nc([C@@H]3CCCCN3C(=O)c3cc(Cl)ccc3C(F)(F)F)cc2nc1N1CC[C@H](N)C1. The molecule has 2 aliphatic rings. The van der Waals surface area contributed by atoms with Gasteiger partial charge in [-0.25, -0.2) is 9.50 Å². The minimum Gasteiger partial charge on any atom is -0.355 e. The van der Waals surface area contributed by atoms with E-state index >= 15 is 0 Å². The number of carbonyl (C=O) groups is 1. The van der Waals surface area contributed by atoms with E-state index < -0.39 is 29.3 Å². The van der Waals surface area contributed by atoms with E-state index in [1.807, 2.05) is 19.2 Å². The van der Waals surface area contributed by atoms with Crippen LogP contribution in [0.2, 0.25) is 5.02 Å². The largest absolute Gasteiger partial charge is 0.417 e. The van der Waals surface area contributed by atoms with Crippen molar-refractivity contribution in [3.05, 3.63) is 57.9 Å². The fourth-order valence-corrected chi connectivity index (χ4v) is 5.23. The molecule has 186 valence electrons. The van der Waals surface area contributed by atoms with Gasteiger partial charge in [0.25, 0.3) is 5.91 Å². The molecule has 0 saturated carbocycles. The monoisotopic (exact) mass is 506 g/mol. The number of nitrogens with zero attached hydrogens (tertiary/aromatic N) is 5. The van der Waals surface area contributed by atoms with Crippen LogP contribution in [-0.4, -0.2) is 51.1 Å². The van der Waals surface area contributed by atoms with Gasteiger partial charge in [0.2, 0.25) is 0 Å². The van der Waals surface area contributed by atoms with Gasteiger partial charge >= 0.3 is 6.18 Å². The maximum atomic E-state index is 13.6. The predicted molar refractivity (Wildman–Crippen MR) is 127 cm³/mol. The lowest BCUT2D eigenvalue weighted by molar-refractivity contribution is -0.138. The summed E-state index contributed by atoms with van der Waals surface area (Å²) in [6.45, 7) is 3.86. The number of alkyl halides is 3. The molecule has 3 aromatic rings. The number of nitrogens with two attached hydrogens (primary N) is 1. The molecule has 0 aliphatic carbocycles. The van der Waals surface area contributed by atoms with Crippen LogP contribution in [-0.2, 0) is 6.18 Å². The van der Waals surface area contributed by atoms with Gasteiger partial charge in [-0.05, 0) is 50.8 Å². The highest BCUT2D eigenvalue weighted by atomic mass is 35.5. The topological polar surface area (TPSA) is 79.8 Å². The Kier molecular flexibility index (Phi) is 6.13. The van der Waals surface area contributed by atoms with Gasteiger partial charge in [-0.2, -0.15) is 18.3 Å². The normalized spacial score (nSPS) is 21.2. The number of aryl methyl sites for hydroxylation is 1. The average Bonchev–Trinajstić information content (AvgIpc) is 3.42. The maximum Gasteiger partial charge on any atom is 0.417 e. The molecule has 11 heteroatoms. The first-order valence-corrected chi connectivity index (χ1v) is 12.0. The van der Waals surface area contributed by atoms with E-state index in [0.29, 0.717) is 30.7 Å². The van der Waals surface area contributed by atoms with Gasteiger partial charge < -0.3 is 15.5 Å². The number of carbonyl (C=O) groups excluding carboxylic acids is 1. The van der Waals surface area contributed by atoms with Crippen molar-refractivity contribution in [1.82, 2.24) is 19.5 Å². The Morgan fingerprint density at radius 2 is 1.97 bits per heavy atom. The minimum absolute atomic E-state index is 0.0801. The zero-order valence-electron chi connectivity index (χ0n) is 19.2. The average molecular weight is 507 g/mol. The number of piperidine rings is 1. The highest BCUT2D eigenvalue weighted by molar-refractivity contribution is 6.31. The summed E-state index contributed by atoms with van der Waals surface area (Å²) >= 11 is 5.98. The first-order chi connectivity index (χ1) is 16.6. The third-order valence-corrected chi connectivity index (χ3v) is 7.01. The second kappa shape index (κ2) is 8.98. The van der Waals surface area contributed by atoms with Crippen molar-refractivity contribution in [2.45, 2.75) is 50.9 Å². The molecular formula is C24H26ClF3N6O. The molecule has 5 rings (SSSR count). The van der Waals surface area contributed by atoms with E-state index in [1.165, 1.54) is 4.90 Å². The molecule has 1 amide bonds. The zero-order chi connectivity index (χ0) is 24.9. The molecular weight excluding hydrogens is 481 g/mol. The first-order valence-electron chi connectivity index (χ1n) is 11.7. The zero-order valence-corrected chi connectivity index (χ0v) is 20.0. The summed E-state index contributed by atoms with van der Waals surface area (Å²) in [4.78, 5) is 21.9. The number of hydrogen-bond acceptors (Lipinski definition) is 5. The Hall–Kier alpha value is -2.85. The summed E-state index contributed by atoms with van der Waals surface area (Å²) in [5, 5.41) is 4.74. The molecule has 0 radical (unpaired) electrons. The number of likely N-dealkylation sites (tertiary alicyclic amines) is 1. The van der Waals surface area contributed by atoms with Crippen LogP contribution in [0.15, 0.2) is 30.5 Å². The van der Waals surface area contributed by atoms with Gasteiger partial charge in [-0.15, -0.1) is 0 Å². The second-order valence-electron chi connectivity index (χ2n) is 9.31. The number of hydrogen-bond donors (Lipinski definition) is 1. The number of aromatic nitrogens is 3. The molecule has 0 bridgehead atoms. The Morgan fingerprint density at radius 1 is 1.17 bits per heavy atom. The summed E-state index contributed by atoms with van der Waals surface area (Å²) in [7, 11) is 0. The van der Waals surface area contributed by atoms with E-state index in [9.17, 15) is 18.0 Å². The molecule has 2 aromatic heterocycles. The molecule has 2 atom stereocenters. The third kappa shape index (κ3) is 4.56. The predicted octanol–water partition coefficient (Wildman–Crippen LogP) is 4.61. The van der Waals surface area contributed by atoms with E-state index in [0.717, 1.165) is 55.5 Å². The summed E-state index contributed by atoms with van der Waals surface area (Å²) < 4.78 is 42.6. The van der Waals surface area contributed by atoms with Crippen LogP contribution < -0.4 is 10.6 Å². The van der Waals surface area contributed by atoms with Crippen LogP contribution in [0.25, 0.3) is 5.65 Å². The summed E-state index contributed by atoms with van der Waals surface area (Å²) in [6.07, 6.45) is 0.268. The van der Waals surface area contributed by atoms with E-state index in [2.05, 4.69) is 10.00 Å². The molecule has 1 aromatic carbocycles. The number of anilines is 1. The highest BCUT2D eigenvalue weighted by Gasteiger charge is 2.39. The maximum absolute atomic E-state index is 13.6. The summed E-state index contributed by atoms with van der Waals surface area (Å²) in [5.41, 5.74) is 6.81. The van der Waals surface area contributed by atoms with Crippen LogP contribution in [0, 0.1) is 6.92 Å². The number of rotatable bonds is 3. The molecule has 2 saturated heterocycles. The molecule has 2 aliphatic heterocycles. The van der Waals surface area contributed by atoms with Crippen LogP contribution in [0.5, 0.6) is 0 Å². The van der Waals surface area contributed by atoms with Crippen molar-refractivity contribution < 1.29 is 18.0 Å².